The SMILES string of the molecule is CC(C)(Br)C(=O)OC(OC(=O)C(F)(F)F)C(N)C(OC(=O)C(C)(C)Br)OC(=O)C(C)(C)Br. The summed E-state index contributed by atoms with van der Waals surface area (Å²) >= 11 is 8.95. The van der Waals surface area contributed by atoms with Crippen LogP contribution in [-0.4, -0.2) is 61.6 Å². The average Bonchev–Trinajstić information content (AvgIpc) is 2.56. The summed E-state index contributed by atoms with van der Waals surface area (Å²) < 4.78 is 53.1. The van der Waals surface area contributed by atoms with Crippen LogP contribution in [0, 0.1) is 0 Å². The maximum atomic E-state index is 12.7. The van der Waals surface area contributed by atoms with Crippen molar-refractivity contribution >= 4 is 71.7 Å². The van der Waals surface area contributed by atoms with Gasteiger partial charge in [0.25, 0.3) is 12.6 Å². The number of carbonyl (C=O) groups excluding carboxylic acids is 4. The van der Waals surface area contributed by atoms with Gasteiger partial charge in [-0.3, -0.25) is 14.4 Å². The standard InChI is InChI=1S/C17H23Br3F3NO8/c1-14(2,18)10(25)29-8(30-11(26)15(3,4)19)7(24)9(31-12(27)16(5,6)20)32-13(28)17(21,22)23/h7-9H,24H2,1-6H3. The zero-order valence-electron chi connectivity index (χ0n) is 17.8. The molecule has 2 unspecified atom stereocenters. The summed E-state index contributed by atoms with van der Waals surface area (Å²) in [5.74, 6) is -5.99. The Morgan fingerprint density at radius 2 is 0.844 bits per heavy atom. The minimum absolute atomic E-state index is 1.04. The fourth-order valence-corrected chi connectivity index (χ4v) is 1.68. The molecule has 0 spiro atoms. The van der Waals surface area contributed by atoms with E-state index in [2.05, 4.69) is 52.5 Å². The quantitative estimate of drug-likeness (QED) is 0.224. The lowest BCUT2D eigenvalue weighted by molar-refractivity contribution is -0.242. The molecule has 0 bridgehead atoms. The first-order chi connectivity index (χ1) is 14.0. The van der Waals surface area contributed by atoms with Crippen LogP contribution >= 0.6 is 47.8 Å². The molecular weight excluding hydrogens is 643 g/mol. The van der Waals surface area contributed by atoms with Gasteiger partial charge in [-0.15, -0.1) is 0 Å². The molecule has 15 heteroatoms. The Morgan fingerprint density at radius 3 is 1.03 bits per heavy atom. The zero-order chi connectivity index (χ0) is 25.9. The third-order valence-corrected chi connectivity index (χ3v) is 4.18. The third-order valence-electron chi connectivity index (χ3n) is 3.21. The Bertz CT molecular complexity index is 611. The van der Waals surface area contributed by atoms with Gasteiger partial charge in [-0.1, -0.05) is 47.8 Å². The molecule has 186 valence electrons. The zero-order valence-corrected chi connectivity index (χ0v) is 22.6. The van der Waals surface area contributed by atoms with Crippen molar-refractivity contribution in [1.82, 2.24) is 0 Å². The van der Waals surface area contributed by atoms with E-state index in [1.54, 1.807) is 0 Å². The molecule has 0 amide bonds. The fourth-order valence-electron chi connectivity index (χ4n) is 1.40. The second-order valence-electron chi connectivity index (χ2n) is 7.85. The van der Waals surface area contributed by atoms with Crippen LogP contribution in [0.15, 0.2) is 0 Å². The molecule has 0 radical (unpaired) electrons. The summed E-state index contributed by atoms with van der Waals surface area (Å²) in [5, 5.41) is 0. The molecule has 0 fully saturated rings. The van der Waals surface area contributed by atoms with Crippen molar-refractivity contribution in [2.45, 2.75) is 79.3 Å². The summed E-state index contributed by atoms with van der Waals surface area (Å²) in [4.78, 5) is 48.1. The van der Waals surface area contributed by atoms with Crippen LogP contribution in [0.5, 0.6) is 0 Å². The van der Waals surface area contributed by atoms with Crippen LogP contribution in [0.3, 0.4) is 0 Å². The van der Waals surface area contributed by atoms with Gasteiger partial charge >= 0.3 is 30.1 Å². The fraction of sp³-hybridized carbons (Fsp3) is 0.765. The van der Waals surface area contributed by atoms with E-state index < -0.39 is 61.6 Å². The molecule has 2 atom stereocenters. The molecule has 0 aliphatic carbocycles. The van der Waals surface area contributed by atoms with Crippen molar-refractivity contribution in [2.24, 2.45) is 5.73 Å². The molecule has 0 saturated carbocycles. The van der Waals surface area contributed by atoms with E-state index in [4.69, 9.17) is 19.9 Å². The molecule has 0 saturated heterocycles. The monoisotopic (exact) mass is 663 g/mol. The van der Waals surface area contributed by atoms with Gasteiger partial charge in [0.15, 0.2) is 6.04 Å². The van der Waals surface area contributed by atoms with Gasteiger partial charge in [-0.25, -0.2) is 4.79 Å². The van der Waals surface area contributed by atoms with Crippen molar-refractivity contribution < 1.29 is 51.3 Å². The normalized spacial score (nSPS) is 14.9. The highest BCUT2D eigenvalue weighted by molar-refractivity contribution is 9.10. The van der Waals surface area contributed by atoms with Crippen LogP contribution in [0.4, 0.5) is 13.2 Å². The van der Waals surface area contributed by atoms with Gasteiger partial charge in [-0.05, 0) is 41.5 Å². The first-order valence-electron chi connectivity index (χ1n) is 8.71. The summed E-state index contributed by atoms with van der Waals surface area (Å²) in [6.45, 7) is 8.04. The van der Waals surface area contributed by atoms with Crippen LogP contribution in [0.1, 0.15) is 41.5 Å². The van der Waals surface area contributed by atoms with Crippen molar-refractivity contribution in [2.75, 3.05) is 0 Å². The van der Waals surface area contributed by atoms with Gasteiger partial charge in [0.2, 0.25) is 0 Å². The number of hydrogen-bond donors (Lipinski definition) is 1. The molecule has 32 heavy (non-hydrogen) atoms. The van der Waals surface area contributed by atoms with Gasteiger partial charge in [0.05, 0.1) is 0 Å². The Morgan fingerprint density at radius 1 is 0.625 bits per heavy atom. The second kappa shape index (κ2) is 11.0. The molecule has 0 aliphatic heterocycles. The Kier molecular flexibility index (Phi) is 10.7. The summed E-state index contributed by atoms with van der Waals surface area (Å²) in [7, 11) is 0. The van der Waals surface area contributed by atoms with E-state index in [0.717, 1.165) is 0 Å². The molecule has 9 nitrogen and oxygen atoms in total. The number of rotatable bonds is 9. The number of carbonyl (C=O) groups is 4. The Labute approximate surface area is 207 Å². The largest absolute Gasteiger partial charge is 0.491 e. The molecule has 0 aromatic heterocycles. The summed E-state index contributed by atoms with van der Waals surface area (Å²) in [6, 6.07) is -2.06. The second-order valence-corrected chi connectivity index (χ2v) is 13.8. The molecule has 0 heterocycles. The molecule has 0 aliphatic rings. The van der Waals surface area contributed by atoms with E-state index in [-0.39, 0.29) is 0 Å². The van der Waals surface area contributed by atoms with Gasteiger partial charge < -0.3 is 24.7 Å². The number of ether oxygens (including phenoxy) is 4. The Balaban J connectivity index is 6.13. The highest BCUT2D eigenvalue weighted by Crippen LogP contribution is 2.26. The van der Waals surface area contributed by atoms with Crippen molar-refractivity contribution in [1.29, 1.82) is 0 Å². The van der Waals surface area contributed by atoms with Crippen molar-refractivity contribution in [3.8, 4) is 0 Å². The van der Waals surface area contributed by atoms with E-state index >= 15 is 0 Å². The third kappa shape index (κ3) is 10.3. The molecule has 2 N–H and O–H groups in total. The number of alkyl halides is 6. The smallest absolute Gasteiger partial charge is 0.422 e. The number of hydrogen-bond acceptors (Lipinski definition) is 9. The van der Waals surface area contributed by atoms with E-state index in [9.17, 15) is 32.3 Å². The molecule has 0 aromatic rings. The van der Waals surface area contributed by atoms with Gasteiger partial charge in [0.1, 0.15) is 13.0 Å². The highest BCUT2D eigenvalue weighted by atomic mass is 79.9. The molecular formula is C17H23Br3F3NO8. The van der Waals surface area contributed by atoms with Crippen molar-refractivity contribution in [3.05, 3.63) is 0 Å². The van der Waals surface area contributed by atoms with E-state index in [0.29, 0.717) is 0 Å². The van der Waals surface area contributed by atoms with Gasteiger partial charge in [-0.2, -0.15) is 13.2 Å². The minimum atomic E-state index is -5.47. The number of halogens is 6. The summed E-state index contributed by atoms with van der Waals surface area (Å²) in [5.41, 5.74) is 5.81. The van der Waals surface area contributed by atoms with Crippen LogP contribution in [0.25, 0.3) is 0 Å². The predicted octanol–water partition coefficient (Wildman–Crippen LogP) is 3.22. The van der Waals surface area contributed by atoms with Crippen LogP contribution < -0.4 is 5.73 Å². The topological polar surface area (TPSA) is 131 Å². The van der Waals surface area contributed by atoms with Gasteiger partial charge in [0, 0.05) is 0 Å². The maximum Gasteiger partial charge on any atom is 0.491 e. The maximum absolute atomic E-state index is 12.7. The lowest BCUT2D eigenvalue weighted by Crippen LogP contribution is -2.55. The number of nitrogens with two attached hydrogens (primary N) is 1. The lowest BCUT2D eigenvalue weighted by atomic mass is 10.2. The molecule has 0 rings (SSSR count). The minimum Gasteiger partial charge on any atom is -0.422 e. The van der Waals surface area contributed by atoms with Crippen LogP contribution in [0.2, 0.25) is 0 Å². The van der Waals surface area contributed by atoms with Crippen molar-refractivity contribution in [3.63, 3.8) is 0 Å². The van der Waals surface area contributed by atoms with E-state index in [1.807, 2.05) is 0 Å². The average molecular weight is 666 g/mol. The highest BCUT2D eigenvalue weighted by Gasteiger charge is 2.48. The first-order valence-corrected chi connectivity index (χ1v) is 11.1. The summed E-state index contributed by atoms with van der Waals surface area (Å²) in [6.07, 6.45) is -10.0. The molecule has 0 aromatic carbocycles. The van der Waals surface area contributed by atoms with Crippen LogP contribution in [-0.2, 0) is 38.1 Å². The lowest BCUT2D eigenvalue weighted by Gasteiger charge is -2.32. The van der Waals surface area contributed by atoms with E-state index in [1.165, 1.54) is 41.5 Å². The number of esters is 4. The first kappa shape index (κ1) is 31.1. The predicted molar refractivity (Wildman–Crippen MR) is 115 cm³/mol. The Hall–Kier alpha value is -0.930.